The Bertz CT molecular complexity index is 808. The largest absolute Gasteiger partial charge is 0.481 e. The second-order valence-electron chi connectivity index (χ2n) is 8.73. The molecule has 0 radical (unpaired) electrons. The number of aliphatic hydroxyl groups excluding tert-OH is 2. The standard InChI is InChI=1S/C26H33ClO4/c27-22-17-24(29)26(21(22)10-6-1-2-7-11-25(30)31)20-14-12-19(13-15-20)23(28)16-18-8-4-3-5-9-18/h3-5,8-9,12-15,21-24,26,28-29H,1-2,6-7,10-11,16-17H2,(H,30,31)/t21-,22-,23?,24+,26+/m0/s1. The zero-order chi connectivity index (χ0) is 22.2. The van der Waals surface area contributed by atoms with Crippen molar-refractivity contribution in [1.82, 2.24) is 0 Å². The molecule has 5 atom stereocenters. The molecule has 168 valence electrons. The van der Waals surface area contributed by atoms with Crippen molar-refractivity contribution in [2.45, 2.75) is 74.9 Å². The number of carbonyl (C=O) groups is 1. The first kappa shape index (κ1) is 23.8. The van der Waals surface area contributed by atoms with Crippen molar-refractivity contribution in [3.63, 3.8) is 0 Å². The van der Waals surface area contributed by atoms with Crippen LogP contribution in [-0.2, 0) is 11.2 Å². The number of aliphatic hydroxyl groups is 2. The van der Waals surface area contributed by atoms with Gasteiger partial charge in [0.05, 0.1) is 12.2 Å². The van der Waals surface area contributed by atoms with Crippen molar-refractivity contribution in [2.24, 2.45) is 5.92 Å². The summed E-state index contributed by atoms with van der Waals surface area (Å²) in [6.07, 6.45) is 4.90. The van der Waals surface area contributed by atoms with Gasteiger partial charge in [-0.25, -0.2) is 0 Å². The molecule has 3 N–H and O–H groups in total. The monoisotopic (exact) mass is 444 g/mol. The third-order valence-electron chi connectivity index (χ3n) is 6.46. The van der Waals surface area contributed by atoms with Gasteiger partial charge in [0.2, 0.25) is 0 Å². The number of rotatable bonds is 11. The molecule has 0 spiro atoms. The number of benzene rings is 2. The Morgan fingerprint density at radius 1 is 1.00 bits per heavy atom. The Hall–Kier alpha value is -1.88. The van der Waals surface area contributed by atoms with Crippen LogP contribution < -0.4 is 0 Å². The molecule has 3 rings (SSSR count). The molecular formula is C26H33ClO4. The van der Waals surface area contributed by atoms with Gasteiger partial charge in [0, 0.05) is 24.1 Å². The van der Waals surface area contributed by atoms with E-state index < -0.39 is 18.2 Å². The lowest BCUT2D eigenvalue weighted by Crippen LogP contribution is -2.19. The van der Waals surface area contributed by atoms with Crippen LogP contribution >= 0.6 is 11.6 Å². The molecule has 2 aromatic carbocycles. The zero-order valence-corrected chi connectivity index (χ0v) is 18.6. The number of aliphatic carboxylic acids is 1. The predicted octanol–water partition coefficient (Wildman–Crippen LogP) is 5.46. The van der Waals surface area contributed by atoms with E-state index in [-0.39, 0.29) is 23.6 Å². The lowest BCUT2D eigenvalue weighted by molar-refractivity contribution is -0.137. The van der Waals surface area contributed by atoms with Gasteiger partial charge in [0.15, 0.2) is 0 Å². The van der Waals surface area contributed by atoms with E-state index in [0.717, 1.165) is 42.4 Å². The van der Waals surface area contributed by atoms with Gasteiger partial charge < -0.3 is 15.3 Å². The average Bonchev–Trinajstić information content (AvgIpc) is 3.04. The summed E-state index contributed by atoms with van der Waals surface area (Å²) in [5, 5.41) is 29.9. The molecule has 0 heterocycles. The van der Waals surface area contributed by atoms with Crippen LogP contribution in [0.15, 0.2) is 54.6 Å². The Morgan fingerprint density at radius 3 is 2.35 bits per heavy atom. The molecular weight excluding hydrogens is 412 g/mol. The summed E-state index contributed by atoms with van der Waals surface area (Å²) < 4.78 is 0. The second-order valence-corrected chi connectivity index (χ2v) is 9.29. The van der Waals surface area contributed by atoms with Gasteiger partial charge in [0.1, 0.15) is 0 Å². The Labute approximate surface area is 189 Å². The van der Waals surface area contributed by atoms with E-state index in [1.54, 1.807) is 0 Å². The van der Waals surface area contributed by atoms with Gasteiger partial charge in [-0.2, -0.15) is 0 Å². The van der Waals surface area contributed by atoms with Crippen LogP contribution in [0.3, 0.4) is 0 Å². The zero-order valence-electron chi connectivity index (χ0n) is 17.9. The third-order valence-corrected chi connectivity index (χ3v) is 6.96. The number of carboxylic acids is 1. The summed E-state index contributed by atoms with van der Waals surface area (Å²) in [5.74, 6) is -0.532. The summed E-state index contributed by atoms with van der Waals surface area (Å²) in [6.45, 7) is 0. The fourth-order valence-electron chi connectivity index (χ4n) is 4.80. The van der Waals surface area contributed by atoms with E-state index in [2.05, 4.69) is 0 Å². The quantitative estimate of drug-likeness (QED) is 0.317. The molecule has 0 aromatic heterocycles. The molecule has 0 amide bonds. The summed E-state index contributed by atoms with van der Waals surface area (Å²) in [7, 11) is 0. The average molecular weight is 445 g/mol. The van der Waals surface area contributed by atoms with Crippen LogP contribution in [0.4, 0.5) is 0 Å². The van der Waals surface area contributed by atoms with E-state index in [1.165, 1.54) is 0 Å². The maximum atomic E-state index is 10.7. The van der Waals surface area contributed by atoms with Crippen LogP contribution in [0.2, 0.25) is 0 Å². The van der Waals surface area contributed by atoms with Crippen molar-refractivity contribution in [3.8, 4) is 0 Å². The molecule has 1 aliphatic carbocycles. The first-order valence-electron chi connectivity index (χ1n) is 11.3. The van der Waals surface area contributed by atoms with Crippen molar-refractivity contribution in [2.75, 3.05) is 0 Å². The molecule has 0 saturated heterocycles. The molecule has 1 saturated carbocycles. The molecule has 5 heteroatoms. The SMILES string of the molecule is O=C(O)CCCCCC[C@@H]1[C@@H](c2ccc(C(O)Cc3ccccc3)cc2)[C@H](O)C[C@@H]1Cl. The minimum absolute atomic E-state index is 0.00170. The first-order chi connectivity index (χ1) is 15.0. The molecule has 4 nitrogen and oxygen atoms in total. The lowest BCUT2D eigenvalue weighted by Gasteiger charge is -2.24. The Morgan fingerprint density at radius 2 is 1.68 bits per heavy atom. The first-order valence-corrected chi connectivity index (χ1v) is 11.7. The molecule has 31 heavy (non-hydrogen) atoms. The highest BCUT2D eigenvalue weighted by molar-refractivity contribution is 6.21. The molecule has 1 unspecified atom stereocenters. The van der Waals surface area contributed by atoms with E-state index in [9.17, 15) is 15.0 Å². The van der Waals surface area contributed by atoms with Crippen LogP contribution in [0.25, 0.3) is 0 Å². The van der Waals surface area contributed by atoms with E-state index >= 15 is 0 Å². The van der Waals surface area contributed by atoms with E-state index in [1.807, 2.05) is 54.6 Å². The van der Waals surface area contributed by atoms with Gasteiger partial charge in [0.25, 0.3) is 0 Å². The van der Waals surface area contributed by atoms with Gasteiger partial charge >= 0.3 is 5.97 Å². The summed E-state index contributed by atoms with van der Waals surface area (Å²) in [6, 6.07) is 17.9. The maximum absolute atomic E-state index is 10.7. The van der Waals surface area contributed by atoms with E-state index in [0.29, 0.717) is 19.3 Å². The topological polar surface area (TPSA) is 77.8 Å². The maximum Gasteiger partial charge on any atom is 0.303 e. The summed E-state index contributed by atoms with van der Waals surface area (Å²) >= 11 is 6.59. The van der Waals surface area contributed by atoms with Crippen LogP contribution in [-0.4, -0.2) is 32.8 Å². The Kier molecular flexibility index (Phi) is 8.94. The normalized spacial score (nSPS) is 24.2. The highest BCUT2D eigenvalue weighted by atomic mass is 35.5. The highest BCUT2D eigenvalue weighted by Gasteiger charge is 2.41. The van der Waals surface area contributed by atoms with Crippen molar-refractivity contribution in [1.29, 1.82) is 0 Å². The molecule has 1 fully saturated rings. The predicted molar refractivity (Wildman–Crippen MR) is 123 cm³/mol. The minimum atomic E-state index is -0.739. The number of halogens is 1. The summed E-state index contributed by atoms with van der Waals surface area (Å²) in [5.41, 5.74) is 3.04. The fraction of sp³-hybridized carbons (Fsp3) is 0.500. The molecule has 0 bridgehead atoms. The molecule has 0 aliphatic heterocycles. The number of alkyl halides is 1. The van der Waals surface area contributed by atoms with Gasteiger partial charge in [-0.15, -0.1) is 11.6 Å². The van der Waals surface area contributed by atoms with Crippen LogP contribution in [0.5, 0.6) is 0 Å². The van der Waals surface area contributed by atoms with Crippen LogP contribution in [0.1, 0.15) is 73.7 Å². The highest BCUT2D eigenvalue weighted by Crippen LogP contribution is 2.45. The van der Waals surface area contributed by atoms with Gasteiger partial charge in [-0.05, 0) is 41.9 Å². The number of hydrogen-bond donors (Lipinski definition) is 3. The number of hydrogen-bond acceptors (Lipinski definition) is 3. The summed E-state index contributed by atoms with van der Waals surface area (Å²) in [4.78, 5) is 10.6. The molecule has 1 aliphatic rings. The van der Waals surface area contributed by atoms with E-state index in [4.69, 9.17) is 16.7 Å². The lowest BCUT2D eigenvalue weighted by atomic mass is 9.83. The minimum Gasteiger partial charge on any atom is -0.481 e. The number of carboxylic acid groups (broad SMARTS) is 1. The van der Waals surface area contributed by atoms with Gasteiger partial charge in [-0.3, -0.25) is 4.79 Å². The van der Waals surface area contributed by atoms with Crippen molar-refractivity contribution < 1.29 is 20.1 Å². The smallest absolute Gasteiger partial charge is 0.303 e. The number of unbranched alkanes of at least 4 members (excludes halogenated alkanes) is 3. The Balaban J connectivity index is 1.58. The van der Waals surface area contributed by atoms with Crippen molar-refractivity contribution in [3.05, 3.63) is 71.3 Å². The van der Waals surface area contributed by atoms with Crippen LogP contribution in [0, 0.1) is 5.92 Å². The fourth-order valence-corrected chi connectivity index (χ4v) is 5.26. The van der Waals surface area contributed by atoms with Gasteiger partial charge in [-0.1, -0.05) is 73.9 Å². The second kappa shape index (κ2) is 11.7. The molecule has 2 aromatic rings. The third kappa shape index (κ3) is 6.80. The van der Waals surface area contributed by atoms with Crippen molar-refractivity contribution >= 4 is 17.6 Å².